The lowest BCUT2D eigenvalue weighted by molar-refractivity contribution is 0.0996. The molecule has 0 fully saturated rings. The maximum atomic E-state index is 11.4. The molecule has 104 valence electrons. The summed E-state index contributed by atoms with van der Waals surface area (Å²) in [6.45, 7) is 0.634. The summed E-state index contributed by atoms with van der Waals surface area (Å²) >= 11 is 0. The lowest BCUT2D eigenvalue weighted by atomic mass is 10.1. The number of carbonyl (C=O) groups excluding carboxylic acids is 1. The molecule has 3 aromatic heterocycles. The first kappa shape index (κ1) is 13.0. The van der Waals surface area contributed by atoms with Crippen molar-refractivity contribution in [2.45, 2.75) is 6.54 Å². The second kappa shape index (κ2) is 5.54. The zero-order chi connectivity index (χ0) is 14.7. The molecule has 0 saturated carbocycles. The minimum absolute atomic E-state index is 0.228. The summed E-state index contributed by atoms with van der Waals surface area (Å²) in [4.78, 5) is 19.4. The largest absolute Gasteiger partial charge is 0.364 e. The number of carbonyl (C=O) groups is 1. The monoisotopic (exact) mass is 279 g/mol. The molecule has 0 bridgehead atoms. The molecule has 6 heteroatoms. The fourth-order valence-electron chi connectivity index (χ4n) is 2.08. The van der Waals surface area contributed by atoms with Crippen LogP contribution in [0.1, 0.15) is 16.1 Å². The van der Waals surface area contributed by atoms with E-state index in [1.165, 1.54) is 6.20 Å². The van der Waals surface area contributed by atoms with Gasteiger partial charge in [-0.15, -0.1) is 0 Å². The predicted octanol–water partition coefficient (Wildman–Crippen LogP) is 1.49. The van der Waals surface area contributed by atoms with E-state index in [0.717, 1.165) is 5.56 Å². The molecule has 0 aromatic carbocycles. The van der Waals surface area contributed by atoms with Gasteiger partial charge in [0.1, 0.15) is 5.69 Å². The highest BCUT2D eigenvalue weighted by Crippen LogP contribution is 2.20. The lowest BCUT2D eigenvalue weighted by Crippen LogP contribution is -2.14. The molecular weight excluding hydrogens is 266 g/mol. The quantitative estimate of drug-likeness (QED) is 0.783. The van der Waals surface area contributed by atoms with Crippen molar-refractivity contribution in [3.8, 4) is 11.3 Å². The highest BCUT2D eigenvalue weighted by molar-refractivity contribution is 5.97. The van der Waals surface area contributed by atoms with Crippen molar-refractivity contribution < 1.29 is 4.79 Å². The normalized spacial score (nSPS) is 10.5. The predicted molar refractivity (Wildman–Crippen MR) is 77.3 cm³/mol. The first-order chi connectivity index (χ1) is 10.2. The molecule has 3 rings (SSSR count). The summed E-state index contributed by atoms with van der Waals surface area (Å²) in [5.74, 6) is -0.561. The van der Waals surface area contributed by atoms with Gasteiger partial charge >= 0.3 is 0 Å². The molecule has 21 heavy (non-hydrogen) atoms. The first-order valence-corrected chi connectivity index (χ1v) is 6.41. The van der Waals surface area contributed by atoms with Crippen molar-refractivity contribution in [2.75, 3.05) is 0 Å². The average Bonchev–Trinajstić information content (AvgIpc) is 2.96. The third kappa shape index (κ3) is 2.79. The Bertz CT molecular complexity index is 766. The Kier molecular flexibility index (Phi) is 3.42. The van der Waals surface area contributed by atoms with Crippen LogP contribution >= 0.6 is 0 Å². The molecule has 0 unspecified atom stereocenters. The Morgan fingerprint density at radius 2 is 1.95 bits per heavy atom. The third-order valence-electron chi connectivity index (χ3n) is 3.05. The maximum absolute atomic E-state index is 11.4. The Balaban J connectivity index is 1.90. The van der Waals surface area contributed by atoms with E-state index in [9.17, 15) is 4.79 Å². The average molecular weight is 279 g/mol. The van der Waals surface area contributed by atoms with Crippen LogP contribution in [0.25, 0.3) is 11.3 Å². The molecule has 0 aliphatic heterocycles. The Morgan fingerprint density at radius 1 is 1.14 bits per heavy atom. The van der Waals surface area contributed by atoms with E-state index in [0.29, 0.717) is 17.8 Å². The second-order valence-electron chi connectivity index (χ2n) is 4.52. The van der Waals surface area contributed by atoms with Crippen LogP contribution in [0.3, 0.4) is 0 Å². The van der Waals surface area contributed by atoms with Crippen LogP contribution in [0.5, 0.6) is 0 Å². The van der Waals surface area contributed by atoms with Gasteiger partial charge in [-0.25, -0.2) is 0 Å². The zero-order valence-corrected chi connectivity index (χ0v) is 11.2. The van der Waals surface area contributed by atoms with Gasteiger partial charge in [0, 0.05) is 30.4 Å². The number of aromatic nitrogens is 4. The highest BCUT2D eigenvalue weighted by Gasteiger charge is 2.13. The highest BCUT2D eigenvalue weighted by atomic mass is 16.1. The van der Waals surface area contributed by atoms with Gasteiger partial charge in [0.2, 0.25) is 0 Å². The van der Waals surface area contributed by atoms with E-state index >= 15 is 0 Å². The van der Waals surface area contributed by atoms with Crippen LogP contribution in [0.15, 0.2) is 55.1 Å². The zero-order valence-electron chi connectivity index (χ0n) is 11.2. The first-order valence-electron chi connectivity index (χ1n) is 6.41. The number of nitrogens with two attached hydrogens (primary N) is 1. The molecule has 6 nitrogen and oxygen atoms in total. The van der Waals surface area contributed by atoms with Gasteiger partial charge in [0.05, 0.1) is 12.2 Å². The molecule has 0 spiro atoms. The molecule has 0 radical (unpaired) electrons. The molecule has 0 atom stereocenters. The number of pyridine rings is 2. The van der Waals surface area contributed by atoms with Gasteiger partial charge in [-0.1, -0.05) is 0 Å². The number of amides is 1. The number of rotatable bonds is 4. The van der Waals surface area contributed by atoms with Gasteiger partial charge < -0.3 is 5.73 Å². The molecule has 3 aromatic rings. The number of primary amides is 1. The van der Waals surface area contributed by atoms with E-state index < -0.39 is 5.91 Å². The molecule has 0 aliphatic rings. The van der Waals surface area contributed by atoms with Gasteiger partial charge in [-0.3, -0.25) is 19.4 Å². The minimum Gasteiger partial charge on any atom is -0.364 e. The lowest BCUT2D eigenvalue weighted by Gasteiger charge is -2.03. The van der Waals surface area contributed by atoms with E-state index in [1.807, 2.05) is 24.4 Å². The smallest absolute Gasteiger partial charge is 0.268 e. The van der Waals surface area contributed by atoms with Gasteiger partial charge in [0.15, 0.2) is 0 Å². The van der Waals surface area contributed by atoms with Crippen LogP contribution in [-0.4, -0.2) is 25.7 Å². The van der Waals surface area contributed by atoms with Gasteiger partial charge in [-0.05, 0) is 35.9 Å². The topological polar surface area (TPSA) is 86.7 Å². The summed E-state index contributed by atoms with van der Waals surface area (Å²) in [5, 5.41) is 4.47. The van der Waals surface area contributed by atoms with Crippen molar-refractivity contribution >= 4 is 5.91 Å². The van der Waals surface area contributed by atoms with E-state index in [4.69, 9.17) is 5.73 Å². The van der Waals surface area contributed by atoms with Crippen molar-refractivity contribution in [1.82, 2.24) is 19.7 Å². The number of nitrogens with zero attached hydrogens (tertiary/aromatic N) is 4. The van der Waals surface area contributed by atoms with Crippen molar-refractivity contribution in [3.05, 3.63) is 66.4 Å². The summed E-state index contributed by atoms with van der Waals surface area (Å²) in [6.07, 6.45) is 6.88. The molecular formula is C15H13N5O. The summed E-state index contributed by atoms with van der Waals surface area (Å²) in [5.41, 5.74) is 7.98. The number of hydrogen-bond acceptors (Lipinski definition) is 4. The maximum Gasteiger partial charge on any atom is 0.268 e. The summed E-state index contributed by atoms with van der Waals surface area (Å²) in [7, 11) is 0. The van der Waals surface area contributed by atoms with Crippen LogP contribution in [0.2, 0.25) is 0 Å². The summed E-state index contributed by atoms with van der Waals surface area (Å²) in [6, 6.07) is 9.24. The number of hydrogen-bond donors (Lipinski definition) is 1. The fraction of sp³-hybridized carbons (Fsp3) is 0.0667. The van der Waals surface area contributed by atoms with E-state index in [-0.39, 0.29) is 5.69 Å². The SMILES string of the molecule is NC(=O)c1ncccc1-c1ccn(Cc2ccncc2)n1. The minimum atomic E-state index is -0.561. The Morgan fingerprint density at radius 3 is 2.71 bits per heavy atom. The fourth-order valence-corrected chi connectivity index (χ4v) is 2.08. The molecule has 2 N–H and O–H groups in total. The van der Waals surface area contributed by atoms with Crippen molar-refractivity contribution in [3.63, 3.8) is 0 Å². The van der Waals surface area contributed by atoms with Crippen LogP contribution < -0.4 is 5.73 Å². The molecule has 3 heterocycles. The second-order valence-corrected chi connectivity index (χ2v) is 4.52. The van der Waals surface area contributed by atoms with Crippen LogP contribution in [-0.2, 0) is 6.54 Å². The third-order valence-corrected chi connectivity index (χ3v) is 3.05. The van der Waals surface area contributed by atoms with Gasteiger partial charge in [-0.2, -0.15) is 5.10 Å². The van der Waals surface area contributed by atoms with E-state index in [2.05, 4.69) is 15.1 Å². The van der Waals surface area contributed by atoms with E-state index in [1.54, 1.807) is 29.2 Å². The Hall–Kier alpha value is -3.02. The van der Waals surface area contributed by atoms with Crippen LogP contribution in [0.4, 0.5) is 0 Å². The molecule has 1 amide bonds. The van der Waals surface area contributed by atoms with Crippen molar-refractivity contribution in [1.29, 1.82) is 0 Å². The van der Waals surface area contributed by atoms with Crippen molar-refractivity contribution in [2.24, 2.45) is 5.73 Å². The molecule has 0 saturated heterocycles. The standard InChI is InChI=1S/C15H13N5O/c16-15(21)14-12(2-1-6-18-14)13-5-9-20(19-13)10-11-3-7-17-8-4-11/h1-9H,10H2,(H2,16,21). The Labute approximate surface area is 121 Å². The summed E-state index contributed by atoms with van der Waals surface area (Å²) < 4.78 is 1.79. The van der Waals surface area contributed by atoms with Crippen LogP contribution in [0, 0.1) is 0 Å². The van der Waals surface area contributed by atoms with Gasteiger partial charge in [0.25, 0.3) is 5.91 Å². The molecule has 0 aliphatic carbocycles.